The molecule has 0 aliphatic heterocycles. The van der Waals surface area contributed by atoms with Gasteiger partial charge in [-0.25, -0.2) is 4.98 Å². The molecule has 4 rings (SSSR count). The number of hydrogen-bond donors (Lipinski definition) is 3. The molecule has 0 atom stereocenters. The molecule has 1 aromatic heterocycles. The normalized spacial score (nSPS) is 10.2. The molecule has 3 N–H and O–H groups in total. The number of carbonyl (C=O) groups is 1. The summed E-state index contributed by atoms with van der Waals surface area (Å²) in [5.41, 5.74) is 3.07. The number of halogens is 1. The van der Waals surface area contributed by atoms with Crippen molar-refractivity contribution in [2.24, 2.45) is 0 Å². The van der Waals surface area contributed by atoms with E-state index in [-0.39, 0.29) is 18.3 Å². The summed E-state index contributed by atoms with van der Waals surface area (Å²) in [6.07, 6.45) is 0. The van der Waals surface area contributed by atoms with E-state index in [0.717, 1.165) is 22.9 Å². The molecule has 0 aliphatic carbocycles. The molecule has 0 unspecified atom stereocenters. The van der Waals surface area contributed by atoms with Crippen LogP contribution >= 0.6 is 12.4 Å². The van der Waals surface area contributed by atoms with Gasteiger partial charge in [-0.05, 0) is 87.5 Å². The second-order valence-electron chi connectivity index (χ2n) is 8.21. The molecule has 39 heavy (non-hydrogen) atoms. The second-order valence-corrected chi connectivity index (χ2v) is 8.21. The number of aryl methyl sites for hydroxylation is 1. The van der Waals surface area contributed by atoms with Crippen molar-refractivity contribution in [1.29, 1.82) is 0 Å². The minimum atomic E-state index is -0.308. The van der Waals surface area contributed by atoms with Crippen LogP contribution in [0.4, 0.5) is 28.8 Å². The molecule has 3 aromatic carbocycles. The van der Waals surface area contributed by atoms with E-state index in [1.807, 2.05) is 69.3 Å². The van der Waals surface area contributed by atoms with Crippen molar-refractivity contribution in [2.45, 2.75) is 20.8 Å². The van der Waals surface area contributed by atoms with Crippen LogP contribution in [0.2, 0.25) is 0 Å². The number of ether oxygens (including phenoxy) is 3. The van der Waals surface area contributed by atoms with Gasteiger partial charge in [0.25, 0.3) is 5.91 Å². The number of aromatic nitrogens is 2. The summed E-state index contributed by atoms with van der Waals surface area (Å²) in [5.74, 6) is 2.64. The first kappa shape index (κ1) is 29.1. The summed E-state index contributed by atoms with van der Waals surface area (Å²) in [6.45, 7) is 6.87. The number of amides is 1. The SMILES string of the molecule is CCOc1ccc(Nc2nc(C)c(NC(=O)c3cccc(OC)c3)c(Nc3ccc(OCC)cc3)n2)cc1.Cl. The fraction of sp³-hybridized carbons (Fsp3) is 0.207. The summed E-state index contributed by atoms with van der Waals surface area (Å²) in [5, 5.41) is 9.49. The first-order valence-corrected chi connectivity index (χ1v) is 12.3. The number of anilines is 5. The summed E-state index contributed by atoms with van der Waals surface area (Å²) in [7, 11) is 1.56. The zero-order valence-corrected chi connectivity index (χ0v) is 23.1. The summed E-state index contributed by atoms with van der Waals surface area (Å²) < 4.78 is 16.3. The van der Waals surface area contributed by atoms with Gasteiger partial charge in [0.15, 0.2) is 5.82 Å². The fourth-order valence-corrected chi connectivity index (χ4v) is 3.69. The largest absolute Gasteiger partial charge is 0.497 e. The Kier molecular flexibility index (Phi) is 10.3. The van der Waals surface area contributed by atoms with Crippen molar-refractivity contribution in [1.82, 2.24) is 9.97 Å². The average molecular weight is 550 g/mol. The first-order chi connectivity index (χ1) is 18.5. The Morgan fingerprint density at radius 3 is 1.95 bits per heavy atom. The molecule has 0 saturated heterocycles. The number of hydrogen-bond acceptors (Lipinski definition) is 8. The molecule has 0 bridgehead atoms. The Hall–Kier alpha value is -4.50. The van der Waals surface area contributed by atoms with Gasteiger partial charge in [0.1, 0.15) is 22.9 Å². The number of methoxy groups -OCH3 is 1. The van der Waals surface area contributed by atoms with Gasteiger partial charge in [0.2, 0.25) is 5.95 Å². The monoisotopic (exact) mass is 549 g/mol. The van der Waals surface area contributed by atoms with E-state index < -0.39 is 0 Å². The lowest BCUT2D eigenvalue weighted by molar-refractivity contribution is 0.102. The Morgan fingerprint density at radius 1 is 0.795 bits per heavy atom. The predicted octanol–water partition coefficient (Wildman–Crippen LogP) is 6.75. The lowest BCUT2D eigenvalue weighted by Crippen LogP contribution is -2.16. The van der Waals surface area contributed by atoms with Gasteiger partial charge >= 0.3 is 0 Å². The van der Waals surface area contributed by atoms with Crippen molar-refractivity contribution in [2.75, 3.05) is 36.3 Å². The van der Waals surface area contributed by atoms with E-state index in [2.05, 4.69) is 25.9 Å². The average Bonchev–Trinajstić information content (AvgIpc) is 2.93. The highest BCUT2D eigenvalue weighted by Crippen LogP contribution is 2.30. The molecule has 0 spiro atoms. The Morgan fingerprint density at radius 2 is 1.38 bits per heavy atom. The highest BCUT2D eigenvalue weighted by Gasteiger charge is 2.17. The zero-order valence-electron chi connectivity index (χ0n) is 22.3. The van der Waals surface area contributed by atoms with Crippen LogP contribution in [-0.2, 0) is 0 Å². The van der Waals surface area contributed by atoms with Crippen LogP contribution in [0.15, 0.2) is 72.8 Å². The topological polar surface area (TPSA) is 107 Å². The molecule has 4 aromatic rings. The Bertz CT molecular complexity index is 1380. The van der Waals surface area contributed by atoms with E-state index >= 15 is 0 Å². The minimum Gasteiger partial charge on any atom is -0.497 e. The molecule has 0 saturated carbocycles. The van der Waals surface area contributed by atoms with Crippen LogP contribution in [0.5, 0.6) is 17.2 Å². The number of rotatable bonds is 11. The number of carbonyl (C=O) groups excluding carboxylic acids is 1. The molecular formula is C29H32ClN5O4. The molecule has 0 fully saturated rings. The number of benzene rings is 3. The van der Waals surface area contributed by atoms with E-state index in [0.29, 0.717) is 47.7 Å². The van der Waals surface area contributed by atoms with E-state index in [9.17, 15) is 4.79 Å². The summed E-state index contributed by atoms with van der Waals surface area (Å²) >= 11 is 0. The summed E-state index contributed by atoms with van der Waals surface area (Å²) in [6, 6.07) is 22.0. The minimum absolute atomic E-state index is 0. The van der Waals surface area contributed by atoms with Crippen LogP contribution in [0.25, 0.3) is 0 Å². The third-order valence-electron chi connectivity index (χ3n) is 5.51. The maximum atomic E-state index is 13.1. The van der Waals surface area contributed by atoms with Gasteiger partial charge in [0.05, 0.1) is 26.0 Å². The quantitative estimate of drug-likeness (QED) is 0.188. The van der Waals surface area contributed by atoms with Gasteiger partial charge in [0, 0.05) is 16.9 Å². The molecule has 1 heterocycles. The lowest BCUT2D eigenvalue weighted by atomic mass is 10.2. The van der Waals surface area contributed by atoms with Crippen LogP contribution < -0.4 is 30.2 Å². The number of nitrogens with one attached hydrogen (secondary N) is 3. The van der Waals surface area contributed by atoms with Gasteiger partial charge < -0.3 is 30.2 Å². The van der Waals surface area contributed by atoms with Crippen LogP contribution in [0, 0.1) is 6.92 Å². The van der Waals surface area contributed by atoms with Crippen molar-refractivity contribution in [3.05, 3.63) is 84.1 Å². The van der Waals surface area contributed by atoms with Crippen LogP contribution in [-0.4, -0.2) is 36.2 Å². The van der Waals surface area contributed by atoms with Crippen LogP contribution in [0.3, 0.4) is 0 Å². The lowest BCUT2D eigenvalue weighted by Gasteiger charge is -2.17. The highest BCUT2D eigenvalue weighted by molar-refractivity contribution is 6.06. The standard InChI is InChI=1S/C29H31N5O4.ClH/c1-5-37-23-14-10-21(11-15-23)31-27-26(33-28(35)20-8-7-9-25(18-20)36-4)19(3)30-29(34-27)32-22-12-16-24(17-13-22)38-6-2;/h7-18H,5-6H2,1-4H3,(H,33,35)(H2,30,31,32,34);1H. The van der Waals surface area contributed by atoms with Crippen molar-refractivity contribution in [3.63, 3.8) is 0 Å². The van der Waals surface area contributed by atoms with E-state index in [4.69, 9.17) is 14.2 Å². The van der Waals surface area contributed by atoms with Gasteiger partial charge in [-0.1, -0.05) is 6.07 Å². The smallest absolute Gasteiger partial charge is 0.255 e. The summed E-state index contributed by atoms with van der Waals surface area (Å²) in [4.78, 5) is 22.4. The van der Waals surface area contributed by atoms with Crippen molar-refractivity contribution >= 4 is 47.1 Å². The Balaban J connectivity index is 0.00000420. The van der Waals surface area contributed by atoms with Gasteiger partial charge in [-0.2, -0.15) is 4.98 Å². The van der Waals surface area contributed by atoms with E-state index in [1.54, 1.807) is 31.4 Å². The number of nitrogens with zero attached hydrogens (tertiary/aromatic N) is 2. The molecular weight excluding hydrogens is 518 g/mol. The second kappa shape index (κ2) is 13.9. The molecule has 1 amide bonds. The highest BCUT2D eigenvalue weighted by atomic mass is 35.5. The zero-order chi connectivity index (χ0) is 26.9. The van der Waals surface area contributed by atoms with Crippen molar-refractivity contribution < 1.29 is 19.0 Å². The molecule has 0 radical (unpaired) electrons. The molecule has 9 nitrogen and oxygen atoms in total. The van der Waals surface area contributed by atoms with Crippen LogP contribution in [0.1, 0.15) is 29.9 Å². The third-order valence-corrected chi connectivity index (χ3v) is 5.51. The third kappa shape index (κ3) is 7.75. The maximum absolute atomic E-state index is 13.1. The maximum Gasteiger partial charge on any atom is 0.255 e. The molecule has 10 heteroatoms. The molecule has 204 valence electrons. The Labute approximate surface area is 234 Å². The van der Waals surface area contributed by atoms with Gasteiger partial charge in [-0.15, -0.1) is 12.4 Å². The fourth-order valence-electron chi connectivity index (χ4n) is 3.69. The van der Waals surface area contributed by atoms with Gasteiger partial charge in [-0.3, -0.25) is 4.79 Å². The predicted molar refractivity (Wildman–Crippen MR) is 157 cm³/mol. The molecule has 0 aliphatic rings. The van der Waals surface area contributed by atoms with E-state index in [1.165, 1.54) is 0 Å². The first-order valence-electron chi connectivity index (χ1n) is 12.3. The van der Waals surface area contributed by atoms with Crippen molar-refractivity contribution in [3.8, 4) is 17.2 Å².